The van der Waals surface area contributed by atoms with E-state index in [0.717, 1.165) is 24.5 Å². The number of rotatable bonds is 5. The van der Waals surface area contributed by atoms with Gasteiger partial charge in [-0.05, 0) is 48.8 Å². The molecular formula is C17H19ClN2S. The molecule has 0 unspecified atom stereocenters. The largest absolute Gasteiger partial charge is 0.362 e. The van der Waals surface area contributed by atoms with E-state index in [2.05, 4.69) is 41.8 Å². The molecule has 0 radical (unpaired) electrons. The molecule has 0 spiro atoms. The van der Waals surface area contributed by atoms with Crippen molar-refractivity contribution in [3.8, 4) is 0 Å². The van der Waals surface area contributed by atoms with Crippen molar-refractivity contribution in [2.24, 2.45) is 0 Å². The molecule has 0 amide bonds. The van der Waals surface area contributed by atoms with Crippen molar-refractivity contribution < 1.29 is 0 Å². The standard InChI is InChI=1S/C17H19ClN2S/c1-13-2-4-15(5-3-13)12-20-17(21)19-11-10-14-6-8-16(18)9-7-14/h2-9H,10-12H2,1H3,(H2,19,20,21). The monoisotopic (exact) mass is 318 g/mol. The molecule has 2 aromatic rings. The highest BCUT2D eigenvalue weighted by Gasteiger charge is 1.98. The molecule has 110 valence electrons. The Bertz CT molecular complexity index is 579. The number of hydrogen-bond donors (Lipinski definition) is 2. The zero-order chi connectivity index (χ0) is 15.1. The van der Waals surface area contributed by atoms with Gasteiger partial charge in [0.15, 0.2) is 5.11 Å². The Balaban J connectivity index is 1.67. The smallest absolute Gasteiger partial charge is 0.166 e. The van der Waals surface area contributed by atoms with Gasteiger partial charge in [-0.3, -0.25) is 0 Å². The van der Waals surface area contributed by atoms with Crippen LogP contribution >= 0.6 is 23.8 Å². The van der Waals surface area contributed by atoms with Gasteiger partial charge in [0.25, 0.3) is 0 Å². The Kier molecular flexibility index (Phi) is 6.03. The fourth-order valence-corrected chi connectivity index (χ4v) is 2.22. The number of nitrogens with one attached hydrogen (secondary N) is 2. The van der Waals surface area contributed by atoms with Crippen LogP contribution in [0.15, 0.2) is 48.5 Å². The van der Waals surface area contributed by atoms with Gasteiger partial charge in [-0.2, -0.15) is 0 Å². The van der Waals surface area contributed by atoms with E-state index in [-0.39, 0.29) is 0 Å². The van der Waals surface area contributed by atoms with E-state index in [1.54, 1.807) is 0 Å². The second kappa shape index (κ2) is 8.01. The third kappa shape index (κ3) is 5.74. The lowest BCUT2D eigenvalue weighted by Gasteiger charge is -2.10. The van der Waals surface area contributed by atoms with E-state index in [9.17, 15) is 0 Å². The summed E-state index contributed by atoms with van der Waals surface area (Å²) in [6.45, 7) is 3.63. The molecule has 0 saturated carbocycles. The summed E-state index contributed by atoms with van der Waals surface area (Å²) < 4.78 is 0. The Hall–Kier alpha value is -1.58. The maximum atomic E-state index is 5.86. The molecule has 0 atom stereocenters. The SMILES string of the molecule is Cc1ccc(CNC(=S)NCCc2ccc(Cl)cc2)cc1. The topological polar surface area (TPSA) is 24.1 Å². The van der Waals surface area contributed by atoms with Crippen molar-refractivity contribution in [1.82, 2.24) is 10.6 Å². The van der Waals surface area contributed by atoms with Crippen LogP contribution in [0.2, 0.25) is 5.02 Å². The van der Waals surface area contributed by atoms with Crippen LogP contribution in [0.1, 0.15) is 16.7 Å². The average Bonchev–Trinajstić information content (AvgIpc) is 2.49. The normalized spacial score (nSPS) is 10.2. The molecule has 0 fully saturated rings. The Morgan fingerprint density at radius 2 is 1.57 bits per heavy atom. The first kappa shape index (κ1) is 15.8. The first-order chi connectivity index (χ1) is 10.1. The Labute approximate surface area is 136 Å². The van der Waals surface area contributed by atoms with Gasteiger partial charge in [0.2, 0.25) is 0 Å². The van der Waals surface area contributed by atoms with Gasteiger partial charge in [0, 0.05) is 18.1 Å². The molecule has 0 aliphatic heterocycles. The van der Waals surface area contributed by atoms with E-state index >= 15 is 0 Å². The molecular weight excluding hydrogens is 300 g/mol. The zero-order valence-electron chi connectivity index (χ0n) is 12.0. The molecule has 2 aromatic carbocycles. The van der Waals surface area contributed by atoms with Crippen LogP contribution in [-0.2, 0) is 13.0 Å². The lowest BCUT2D eigenvalue weighted by atomic mass is 10.1. The van der Waals surface area contributed by atoms with Crippen LogP contribution in [0.25, 0.3) is 0 Å². The quantitative estimate of drug-likeness (QED) is 0.819. The van der Waals surface area contributed by atoms with Crippen molar-refractivity contribution in [1.29, 1.82) is 0 Å². The van der Waals surface area contributed by atoms with Crippen molar-refractivity contribution in [2.75, 3.05) is 6.54 Å². The van der Waals surface area contributed by atoms with Gasteiger partial charge in [0.05, 0.1) is 0 Å². The van der Waals surface area contributed by atoms with Crippen LogP contribution in [0, 0.1) is 6.92 Å². The number of thiocarbonyl (C=S) groups is 1. The fraction of sp³-hybridized carbons (Fsp3) is 0.235. The van der Waals surface area contributed by atoms with E-state index < -0.39 is 0 Å². The summed E-state index contributed by atoms with van der Waals surface area (Å²) in [7, 11) is 0. The van der Waals surface area contributed by atoms with Gasteiger partial charge in [0.1, 0.15) is 0 Å². The van der Waals surface area contributed by atoms with Crippen molar-refractivity contribution in [2.45, 2.75) is 19.9 Å². The summed E-state index contributed by atoms with van der Waals surface area (Å²) in [6.07, 6.45) is 0.920. The first-order valence-corrected chi connectivity index (χ1v) is 7.74. The predicted molar refractivity (Wildman–Crippen MR) is 93.8 cm³/mol. The van der Waals surface area contributed by atoms with Gasteiger partial charge >= 0.3 is 0 Å². The third-order valence-corrected chi connectivity index (χ3v) is 3.73. The average molecular weight is 319 g/mol. The summed E-state index contributed by atoms with van der Waals surface area (Å²) in [5.74, 6) is 0. The highest BCUT2D eigenvalue weighted by atomic mass is 35.5. The Morgan fingerprint density at radius 3 is 2.24 bits per heavy atom. The predicted octanol–water partition coefficient (Wildman–Crippen LogP) is 3.86. The van der Waals surface area contributed by atoms with E-state index in [4.69, 9.17) is 23.8 Å². The molecule has 2 N–H and O–H groups in total. The molecule has 0 aliphatic carbocycles. The van der Waals surface area contributed by atoms with Crippen LogP contribution in [0.4, 0.5) is 0 Å². The number of aryl methyl sites for hydroxylation is 1. The van der Waals surface area contributed by atoms with Crippen molar-refractivity contribution in [3.05, 3.63) is 70.2 Å². The maximum absolute atomic E-state index is 5.86. The molecule has 0 heterocycles. The van der Waals surface area contributed by atoms with Gasteiger partial charge < -0.3 is 10.6 Å². The molecule has 2 nitrogen and oxygen atoms in total. The van der Waals surface area contributed by atoms with E-state index in [0.29, 0.717) is 5.11 Å². The number of halogens is 1. The molecule has 0 saturated heterocycles. The van der Waals surface area contributed by atoms with Gasteiger partial charge in [-0.15, -0.1) is 0 Å². The summed E-state index contributed by atoms with van der Waals surface area (Å²) in [4.78, 5) is 0. The minimum atomic E-state index is 0.685. The zero-order valence-corrected chi connectivity index (χ0v) is 13.6. The molecule has 21 heavy (non-hydrogen) atoms. The fourth-order valence-electron chi connectivity index (χ4n) is 1.92. The molecule has 0 aromatic heterocycles. The maximum Gasteiger partial charge on any atom is 0.166 e. The van der Waals surface area contributed by atoms with Gasteiger partial charge in [-0.25, -0.2) is 0 Å². The molecule has 0 aliphatic rings. The number of benzene rings is 2. The third-order valence-electron chi connectivity index (χ3n) is 3.19. The van der Waals surface area contributed by atoms with Crippen molar-refractivity contribution >= 4 is 28.9 Å². The Morgan fingerprint density at radius 1 is 0.952 bits per heavy atom. The van der Waals surface area contributed by atoms with Crippen LogP contribution in [0.3, 0.4) is 0 Å². The minimum absolute atomic E-state index is 0.685. The molecule has 2 rings (SSSR count). The summed E-state index contributed by atoms with van der Waals surface area (Å²) in [6, 6.07) is 16.3. The van der Waals surface area contributed by atoms with Gasteiger partial charge in [-0.1, -0.05) is 53.6 Å². The minimum Gasteiger partial charge on any atom is -0.362 e. The first-order valence-electron chi connectivity index (χ1n) is 6.95. The van der Waals surface area contributed by atoms with E-state index in [1.165, 1.54) is 16.7 Å². The highest BCUT2D eigenvalue weighted by Crippen LogP contribution is 2.09. The lowest BCUT2D eigenvalue weighted by Crippen LogP contribution is -2.35. The summed E-state index contributed by atoms with van der Waals surface area (Å²) >= 11 is 11.1. The summed E-state index contributed by atoms with van der Waals surface area (Å²) in [5.41, 5.74) is 3.73. The molecule has 0 bridgehead atoms. The summed E-state index contributed by atoms with van der Waals surface area (Å²) in [5, 5.41) is 7.88. The second-order valence-electron chi connectivity index (χ2n) is 4.97. The van der Waals surface area contributed by atoms with Crippen molar-refractivity contribution in [3.63, 3.8) is 0 Å². The van der Waals surface area contributed by atoms with E-state index in [1.807, 2.05) is 24.3 Å². The second-order valence-corrected chi connectivity index (χ2v) is 5.82. The van der Waals surface area contributed by atoms with Crippen LogP contribution < -0.4 is 10.6 Å². The van der Waals surface area contributed by atoms with Crippen LogP contribution in [-0.4, -0.2) is 11.7 Å². The number of hydrogen-bond acceptors (Lipinski definition) is 1. The molecule has 4 heteroatoms. The highest BCUT2D eigenvalue weighted by molar-refractivity contribution is 7.80. The lowest BCUT2D eigenvalue weighted by molar-refractivity contribution is 0.814. The van der Waals surface area contributed by atoms with Crippen LogP contribution in [0.5, 0.6) is 0 Å².